The molecule has 0 aliphatic carbocycles. The van der Waals surface area contributed by atoms with Gasteiger partial charge in [0.15, 0.2) is 0 Å². The summed E-state index contributed by atoms with van der Waals surface area (Å²) in [6, 6.07) is 0.112. The molecule has 2 aliphatic heterocycles. The van der Waals surface area contributed by atoms with Gasteiger partial charge in [-0.05, 0) is 45.2 Å². The summed E-state index contributed by atoms with van der Waals surface area (Å²) in [7, 11) is 1.66. The van der Waals surface area contributed by atoms with E-state index in [1.165, 1.54) is 19.3 Å². The molecule has 2 rings (SSSR count). The molecule has 150 valence electrons. The molecule has 0 saturated carbocycles. The predicted molar refractivity (Wildman–Crippen MR) is 102 cm³/mol. The molecule has 0 bridgehead atoms. The van der Waals surface area contributed by atoms with Crippen LogP contribution in [0.2, 0.25) is 0 Å². The van der Waals surface area contributed by atoms with Crippen LogP contribution in [0.5, 0.6) is 0 Å². The molecule has 0 radical (unpaired) electrons. The standard InChI is InChI=1S/C19H36N4O3/c1-17(24)23(14-13-21-10-4-3-5-11-21)18-8-6-12-22(16-18)19(25)20-9-7-15-26-2/h18H,3-16H2,1-2H3,(H,20,25). The highest BCUT2D eigenvalue weighted by Crippen LogP contribution is 2.17. The van der Waals surface area contributed by atoms with Crippen molar-refractivity contribution in [3.63, 3.8) is 0 Å². The highest BCUT2D eigenvalue weighted by Gasteiger charge is 2.29. The smallest absolute Gasteiger partial charge is 0.317 e. The second-order valence-corrected chi connectivity index (χ2v) is 7.44. The number of piperidine rings is 2. The van der Waals surface area contributed by atoms with Crippen LogP contribution in [0.1, 0.15) is 45.4 Å². The molecule has 0 aromatic rings. The van der Waals surface area contributed by atoms with Gasteiger partial charge in [-0.25, -0.2) is 4.79 Å². The minimum atomic E-state index is -0.0228. The molecule has 0 aromatic carbocycles. The number of nitrogens with zero attached hydrogens (tertiary/aromatic N) is 3. The van der Waals surface area contributed by atoms with Crippen LogP contribution in [0, 0.1) is 0 Å². The number of likely N-dealkylation sites (tertiary alicyclic amines) is 2. The van der Waals surface area contributed by atoms with Crippen LogP contribution in [0.4, 0.5) is 4.79 Å². The van der Waals surface area contributed by atoms with Crippen LogP contribution >= 0.6 is 0 Å². The first-order chi connectivity index (χ1) is 12.6. The van der Waals surface area contributed by atoms with Crippen molar-refractivity contribution in [3.8, 4) is 0 Å². The number of methoxy groups -OCH3 is 1. The molecule has 2 saturated heterocycles. The lowest BCUT2D eigenvalue weighted by molar-refractivity contribution is -0.132. The molecule has 26 heavy (non-hydrogen) atoms. The van der Waals surface area contributed by atoms with E-state index in [0.717, 1.165) is 52.0 Å². The second kappa shape index (κ2) is 11.4. The Morgan fingerprint density at radius 3 is 2.62 bits per heavy atom. The highest BCUT2D eigenvalue weighted by molar-refractivity contribution is 5.75. The summed E-state index contributed by atoms with van der Waals surface area (Å²) in [5.74, 6) is 0.120. The number of carbonyl (C=O) groups excluding carboxylic acids is 2. The summed E-state index contributed by atoms with van der Waals surface area (Å²) in [5, 5.41) is 2.95. The number of amides is 3. The van der Waals surface area contributed by atoms with Gasteiger partial charge in [0.25, 0.3) is 0 Å². The lowest BCUT2D eigenvalue weighted by atomic mass is 10.0. The monoisotopic (exact) mass is 368 g/mol. The molecule has 7 nitrogen and oxygen atoms in total. The summed E-state index contributed by atoms with van der Waals surface area (Å²) in [6.07, 6.45) is 6.59. The van der Waals surface area contributed by atoms with E-state index in [2.05, 4.69) is 10.2 Å². The topological polar surface area (TPSA) is 65.1 Å². The molecule has 1 N–H and O–H groups in total. The maximum atomic E-state index is 12.4. The first kappa shape index (κ1) is 21.0. The van der Waals surface area contributed by atoms with Crippen LogP contribution in [-0.4, -0.2) is 92.2 Å². The van der Waals surface area contributed by atoms with Crippen molar-refractivity contribution >= 4 is 11.9 Å². The molecule has 1 atom stereocenters. The maximum Gasteiger partial charge on any atom is 0.317 e. The van der Waals surface area contributed by atoms with Gasteiger partial charge >= 0.3 is 6.03 Å². The van der Waals surface area contributed by atoms with E-state index in [-0.39, 0.29) is 18.0 Å². The Hall–Kier alpha value is -1.34. The summed E-state index contributed by atoms with van der Waals surface area (Å²) in [4.78, 5) is 30.9. The fraction of sp³-hybridized carbons (Fsp3) is 0.895. The van der Waals surface area contributed by atoms with Crippen LogP contribution in [0.25, 0.3) is 0 Å². The van der Waals surface area contributed by atoms with Crippen molar-refractivity contribution in [1.82, 2.24) is 20.0 Å². The van der Waals surface area contributed by atoms with Crippen molar-refractivity contribution < 1.29 is 14.3 Å². The number of urea groups is 1. The van der Waals surface area contributed by atoms with Crippen LogP contribution in [0.15, 0.2) is 0 Å². The molecule has 2 fully saturated rings. The highest BCUT2D eigenvalue weighted by atomic mass is 16.5. The summed E-state index contributed by atoms with van der Waals surface area (Å²) >= 11 is 0. The molecule has 0 spiro atoms. The third-order valence-corrected chi connectivity index (χ3v) is 5.44. The normalized spacial score (nSPS) is 21.5. The van der Waals surface area contributed by atoms with E-state index in [1.54, 1.807) is 14.0 Å². The average Bonchev–Trinajstić information content (AvgIpc) is 2.66. The lowest BCUT2D eigenvalue weighted by Crippen LogP contribution is -2.54. The van der Waals surface area contributed by atoms with Gasteiger partial charge in [0.05, 0.1) is 0 Å². The quantitative estimate of drug-likeness (QED) is 0.660. The third kappa shape index (κ3) is 6.76. The fourth-order valence-electron chi connectivity index (χ4n) is 3.95. The summed E-state index contributed by atoms with van der Waals surface area (Å²) in [5.41, 5.74) is 0. The van der Waals surface area contributed by atoms with Gasteiger partial charge < -0.3 is 24.8 Å². The lowest BCUT2D eigenvalue weighted by Gasteiger charge is -2.40. The van der Waals surface area contributed by atoms with Crippen molar-refractivity contribution in [2.45, 2.75) is 51.5 Å². The third-order valence-electron chi connectivity index (χ3n) is 5.44. The maximum absolute atomic E-state index is 12.4. The van der Waals surface area contributed by atoms with Crippen LogP contribution < -0.4 is 5.32 Å². The Bertz CT molecular complexity index is 441. The van der Waals surface area contributed by atoms with Gasteiger partial charge in [-0.2, -0.15) is 0 Å². The van der Waals surface area contributed by atoms with Crippen molar-refractivity contribution in [1.29, 1.82) is 0 Å². The molecule has 1 unspecified atom stereocenters. The molecular formula is C19H36N4O3. The van der Waals surface area contributed by atoms with Gasteiger partial charge in [0.2, 0.25) is 5.91 Å². The van der Waals surface area contributed by atoms with Gasteiger partial charge in [-0.1, -0.05) is 6.42 Å². The van der Waals surface area contributed by atoms with Crippen molar-refractivity contribution in [2.24, 2.45) is 0 Å². The Morgan fingerprint density at radius 2 is 1.92 bits per heavy atom. The zero-order valence-electron chi connectivity index (χ0n) is 16.5. The van der Waals surface area contributed by atoms with Gasteiger partial charge in [0.1, 0.15) is 0 Å². The van der Waals surface area contributed by atoms with Crippen LogP contribution in [-0.2, 0) is 9.53 Å². The number of hydrogen-bond donors (Lipinski definition) is 1. The number of rotatable bonds is 8. The average molecular weight is 369 g/mol. The Morgan fingerprint density at radius 1 is 1.15 bits per heavy atom. The van der Waals surface area contributed by atoms with Gasteiger partial charge in [-0.3, -0.25) is 4.79 Å². The molecule has 2 heterocycles. The Kier molecular flexibility index (Phi) is 9.18. The van der Waals surface area contributed by atoms with Gasteiger partial charge in [-0.15, -0.1) is 0 Å². The minimum Gasteiger partial charge on any atom is -0.385 e. The molecule has 3 amide bonds. The number of carbonyl (C=O) groups is 2. The van der Waals surface area contributed by atoms with Crippen molar-refractivity contribution in [2.75, 3.05) is 59.5 Å². The van der Waals surface area contributed by atoms with Crippen LogP contribution in [0.3, 0.4) is 0 Å². The minimum absolute atomic E-state index is 0.0228. The molecule has 0 aromatic heterocycles. The van der Waals surface area contributed by atoms with E-state index in [4.69, 9.17) is 4.74 Å². The summed E-state index contributed by atoms with van der Waals surface area (Å²) < 4.78 is 5.01. The summed E-state index contributed by atoms with van der Waals surface area (Å²) in [6.45, 7) is 8.33. The van der Waals surface area contributed by atoms with E-state index in [1.807, 2.05) is 9.80 Å². The predicted octanol–water partition coefficient (Wildman–Crippen LogP) is 1.53. The van der Waals surface area contributed by atoms with Crippen molar-refractivity contribution in [3.05, 3.63) is 0 Å². The SMILES string of the molecule is COCCCNC(=O)N1CCCC(N(CCN2CCCCC2)C(C)=O)C1. The molecule has 2 aliphatic rings. The number of nitrogens with one attached hydrogen (secondary N) is 1. The fourth-order valence-corrected chi connectivity index (χ4v) is 3.95. The largest absolute Gasteiger partial charge is 0.385 e. The molecular weight excluding hydrogens is 332 g/mol. The number of hydrogen-bond acceptors (Lipinski definition) is 4. The second-order valence-electron chi connectivity index (χ2n) is 7.44. The first-order valence-corrected chi connectivity index (χ1v) is 10.1. The Balaban J connectivity index is 1.81. The Labute approximate surface area is 158 Å². The number of ether oxygens (including phenoxy) is 1. The zero-order valence-corrected chi connectivity index (χ0v) is 16.5. The van der Waals surface area contributed by atoms with E-state index in [0.29, 0.717) is 19.7 Å². The van der Waals surface area contributed by atoms with E-state index in [9.17, 15) is 9.59 Å². The zero-order chi connectivity index (χ0) is 18.8. The van der Waals surface area contributed by atoms with E-state index < -0.39 is 0 Å². The van der Waals surface area contributed by atoms with E-state index >= 15 is 0 Å². The molecule has 7 heteroatoms. The first-order valence-electron chi connectivity index (χ1n) is 10.1. The van der Waals surface area contributed by atoms with Gasteiger partial charge in [0, 0.05) is 59.4 Å².